The second kappa shape index (κ2) is 13.2. The molecule has 1 rings (SSSR count). The summed E-state index contributed by atoms with van der Waals surface area (Å²) in [5, 5.41) is 0. The van der Waals surface area contributed by atoms with Gasteiger partial charge in [-0.05, 0) is 0 Å². The molecular formula is C16H23AuO10S. The minimum absolute atomic E-state index is 0. The number of rotatable bonds is 8. The van der Waals surface area contributed by atoms with Crippen LogP contribution in [0, 0.1) is 0 Å². The van der Waals surface area contributed by atoms with Crippen LogP contribution in [0.2, 0.25) is 0 Å². The Hall–Kier alpha value is -1.11. The van der Waals surface area contributed by atoms with Gasteiger partial charge in [0, 0.05) is 34.3 Å². The van der Waals surface area contributed by atoms with E-state index in [4.69, 9.17) is 41.0 Å². The van der Waals surface area contributed by atoms with Crippen molar-refractivity contribution in [3.8, 4) is 0 Å². The fourth-order valence-electron chi connectivity index (χ4n) is 2.49. The number of carbonyl (C=O) groups is 4. The maximum atomic E-state index is 11.6. The van der Waals surface area contributed by atoms with E-state index in [9.17, 15) is 19.2 Å². The maximum absolute atomic E-state index is 11.6. The van der Waals surface area contributed by atoms with Crippen LogP contribution in [-0.2, 0) is 82.6 Å². The largest absolute Gasteiger partial charge is 1.00 e. The summed E-state index contributed by atoms with van der Waals surface area (Å²) < 4.78 is 31.8. The van der Waals surface area contributed by atoms with Gasteiger partial charge in [0.25, 0.3) is 0 Å². The van der Waals surface area contributed by atoms with Gasteiger partial charge in [-0.2, -0.15) is 5.75 Å². The molecular weight excluding hydrogens is 581 g/mol. The van der Waals surface area contributed by atoms with Crippen LogP contribution in [0.4, 0.5) is 0 Å². The predicted molar refractivity (Wildman–Crippen MR) is 90.1 cm³/mol. The molecule has 0 aromatic rings. The predicted octanol–water partition coefficient (Wildman–Crippen LogP) is -0.369. The van der Waals surface area contributed by atoms with Crippen LogP contribution >= 0.6 is 0 Å². The molecule has 0 aromatic heterocycles. The van der Waals surface area contributed by atoms with Crippen LogP contribution in [0.1, 0.15) is 27.7 Å². The number of ether oxygens (including phenoxy) is 6. The normalized spacial score (nSPS) is 26.4. The van der Waals surface area contributed by atoms with E-state index in [0.717, 1.165) is 20.8 Å². The van der Waals surface area contributed by atoms with Gasteiger partial charge in [-0.3, -0.25) is 19.2 Å². The van der Waals surface area contributed by atoms with Gasteiger partial charge in [0.05, 0.1) is 0 Å². The van der Waals surface area contributed by atoms with Crippen molar-refractivity contribution in [1.82, 2.24) is 0 Å². The summed E-state index contributed by atoms with van der Waals surface area (Å²) in [7, 11) is 0. The summed E-state index contributed by atoms with van der Waals surface area (Å²) in [6.07, 6.45) is -5.85. The molecule has 0 aromatic carbocycles. The van der Waals surface area contributed by atoms with Crippen LogP contribution in [0.25, 0.3) is 0 Å². The summed E-state index contributed by atoms with van der Waals surface area (Å²) in [5.74, 6) is -2.45. The molecule has 0 radical (unpaired) electrons. The third-order valence-corrected chi connectivity index (χ3v) is 3.48. The third kappa shape index (κ3) is 8.93. The Morgan fingerprint density at radius 1 is 0.821 bits per heavy atom. The zero-order chi connectivity index (χ0) is 20.6. The van der Waals surface area contributed by atoms with Crippen LogP contribution in [0.5, 0.6) is 0 Å². The van der Waals surface area contributed by atoms with Gasteiger partial charge in [0.2, 0.25) is 0 Å². The monoisotopic (exact) mass is 604 g/mol. The Morgan fingerprint density at radius 3 is 1.79 bits per heavy atom. The van der Waals surface area contributed by atoms with E-state index in [-0.39, 0.29) is 41.3 Å². The second-order valence-electron chi connectivity index (χ2n) is 5.64. The van der Waals surface area contributed by atoms with Crippen molar-refractivity contribution in [1.29, 1.82) is 0 Å². The molecule has 12 heteroatoms. The number of esters is 4. The quantitative estimate of drug-likeness (QED) is 0.156. The molecule has 1 heterocycles. The van der Waals surface area contributed by atoms with Crippen molar-refractivity contribution in [2.24, 2.45) is 0 Å². The van der Waals surface area contributed by atoms with Crippen LogP contribution in [0.3, 0.4) is 0 Å². The van der Waals surface area contributed by atoms with E-state index >= 15 is 0 Å². The fourth-order valence-corrected chi connectivity index (χ4v) is 2.58. The third-order valence-electron chi connectivity index (χ3n) is 3.31. The summed E-state index contributed by atoms with van der Waals surface area (Å²) >= 11 is 4.83. The summed E-state index contributed by atoms with van der Waals surface area (Å²) in [4.78, 5) is 45.8. The first-order valence-electron chi connectivity index (χ1n) is 8.15. The molecule has 1 aliphatic rings. The Labute approximate surface area is 183 Å². The van der Waals surface area contributed by atoms with Crippen molar-refractivity contribution in [2.75, 3.05) is 19.0 Å². The zero-order valence-electron chi connectivity index (χ0n) is 15.8. The molecule has 5 unspecified atom stereocenters. The first kappa shape index (κ1) is 26.9. The Kier molecular flexibility index (Phi) is 12.7. The Balaban J connectivity index is 0.00000729. The molecule has 1 aliphatic heterocycles. The first-order valence-corrected chi connectivity index (χ1v) is 8.73. The molecule has 0 bridgehead atoms. The van der Waals surface area contributed by atoms with E-state index in [1.165, 1.54) is 6.92 Å². The summed E-state index contributed by atoms with van der Waals surface area (Å²) in [6.45, 7) is 4.43. The Morgan fingerprint density at radius 2 is 1.32 bits per heavy atom. The topological polar surface area (TPSA) is 124 Å². The average Bonchev–Trinajstić information content (AvgIpc) is 2.54. The zero-order valence-corrected chi connectivity index (χ0v) is 18.8. The molecule has 0 spiro atoms. The van der Waals surface area contributed by atoms with E-state index in [1.807, 2.05) is 0 Å². The van der Waals surface area contributed by atoms with Crippen molar-refractivity contribution in [3.63, 3.8) is 0 Å². The van der Waals surface area contributed by atoms with Gasteiger partial charge in [-0.15, -0.1) is 0 Å². The van der Waals surface area contributed by atoms with E-state index in [1.54, 1.807) is 0 Å². The molecule has 10 nitrogen and oxygen atoms in total. The van der Waals surface area contributed by atoms with Crippen molar-refractivity contribution >= 4 is 36.5 Å². The van der Waals surface area contributed by atoms with Crippen LogP contribution < -0.4 is 0 Å². The van der Waals surface area contributed by atoms with E-state index in [2.05, 4.69) is 0 Å². The maximum Gasteiger partial charge on any atom is 1.00 e. The molecule has 0 saturated carbocycles. The molecule has 0 amide bonds. The van der Waals surface area contributed by atoms with Gasteiger partial charge >= 0.3 is 46.3 Å². The van der Waals surface area contributed by atoms with Gasteiger partial charge in [0.15, 0.2) is 24.6 Å². The van der Waals surface area contributed by atoms with Crippen molar-refractivity contribution in [3.05, 3.63) is 0 Å². The molecule has 0 N–H and O–H groups in total. The van der Waals surface area contributed by atoms with Gasteiger partial charge < -0.3 is 41.0 Å². The summed E-state index contributed by atoms with van der Waals surface area (Å²) in [5.41, 5.74) is 0. The van der Waals surface area contributed by atoms with Gasteiger partial charge in [-0.25, -0.2) is 0 Å². The molecule has 28 heavy (non-hydrogen) atoms. The number of hydrogen-bond acceptors (Lipinski definition) is 11. The van der Waals surface area contributed by atoms with E-state index in [0.29, 0.717) is 0 Å². The van der Waals surface area contributed by atoms with Gasteiger partial charge in [0.1, 0.15) is 12.7 Å². The number of hydrogen-bond donors (Lipinski definition) is 0. The van der Waals surface area contributed by atoms with Crippen LogP contribution in [0.15, 0.2) is 0 Å². The van der Waals surface area contributed by atoms with E-state index < -0.39 is 54.6 Å². The molecule has 1 saturated heterocycles. The smallest absolute Gasteiger partial charge is 0.790 e. The number of carbonyl (C=O) groups excluding carboxylic acids is 4. The molecule has 1 fully saturated rings. The first-order chi connectivity index (χ1) is 12.6. The molecule has 5 atom stereocenters. The van der Waals surface area contributed by atoms with Crippen molar-refractivity contribution < 1.29 is 70.0 Å². The SMILES string of the molecule is CC(=O)OCC1OC(OCC[S-])C(OC(C)=O)C(OC(C)=O)C1OC(C)=O.[Au+]. The summed E-state index contributed by atoms with van der Waals surface area (Å²) in [6, 6.07) is 0. The van der Waals surface area contributed by atoms with Crippen molar-refractivity contribution in [2.45, 2.75) is 58.4 Å². The van der Waals surface area contributed by atoms with Gasteiger partial charge in [-0.1, -0.05) is 0 Å². The minimum atomic E-state index is -1.24. The van der Waals surface area contributed by atoms with Crippen LogP contribution in [-0.4, -0.2) is 73.5 Å². The molecule has 0 aliphatic carbocycles. The second-order valence-corrected chi connectivity index (χ2v) is 6.05. The standard InChI is InChI=1S/C16H24O10S.Au/c1-8(17)22-7-12-13(23-9(2)18)14(24-10(3)19)15(25-11(4)20)16(26-12)21-5-6-27;/h12-16,27H,5-7H2,1-4H3;/q;+1/p-1. The minimum Gasteiger partial charge on any atom is -0.790 e. The Bertz CT molecular complexity index is 558. The molecule has 164 valence electrons. The average molecular weight is 604 g/mol. The fraction of sp³-hybridized carbons (Fsp3) is 0.750.